The highest BCUT2D eigenvalue weighted by molar-refractivity contribution is 5.80. The summed E-state index contributed by atoms with van der Waals surface area (Å²) < 4.78 is 17.6. The molecular weight excluding hydrogens is 979 g/mol. The Morgan fingerprint density at radius 1 is 0.513 bits per heavy atom. The average molecular weight is 1100 g/mol. The summed E-state index contributed by atoms with van der Waals surface area (Å²) in [5, 5.41) is 57.0. The van der Waals surface area contributed by atoms with Crippen molar-refractivity contribution in [3.63, 3.8) is 0 Å². The van der Waals surface area contributed by atoms with Crippen LogP contribution in [-0.2, 0) is 23.8 Å². The number of nitrogens with one attached hydrogen (secondary N) is 1. The Bertz CT molecular complexity index is 1450. The van der Waals surface area contributed by atoms with Crippen LogP contribution in [0.3, 0.4) is 0 Å². The van der Waals surface area contributed by atoms with Crippen LogP contribution < -0.4 is 5.32 Å². The van der Waals surface area contributed by atoms with Crippen LogP contribution in [0.15, 0.2) is 48.6 Å². The van der Waals surface area contributed by atoms with E-state index >= 15 is 0 Å². The van der Waals surface area contributed by atoms with E-state index in [1.165, 1.54) is 173 Å². The van der Waals surface area contributed by atoms with E-state index in [9.17, 15) is 35.1 Å². The summed E-state index contributed by atoms with van der Waals surface area (Å²) in [6, 6.07) is -1.03. The van der Waals surface area contributed by atoms with Crippen molar-refractivity contribution in [3.8, 4) is 0 Å². The molecule has 0 bridgehead atoms. The Morgan fingerprint density at radius 2 is 0.923 bits per heavy atom. The molecule has 0 aromatic carbocycles. The molecular formula is C67H123NO10. The minimum atomic E-state index is -1.61. The van der Waals surface area contributed by atoms with Gasteiger partial charge in [0.1, 0.15) is 24.4 Å². The molecule has 1 rings (SSSR count). The largest absolute Gasteiger partial charge is 0.454 e. The molecule has 78 heavy (non-hydrogen) atoms. The molecule has 8 atom stereocenters. The number of amides is 1. The van der Waals surface area contributed by atoms with E-state index in [4.69, 9.17) is 14.2 Å². The number of hydrogen-bond acceptors (Lipinski definition) is 10. The van der Waals surface area contributed by atoms with E-state index < -0.39 is 67.4 Å². The lowest BCUT2D eigenvalue weighted by atomic mass is 9.99. The van der Waals surface area contributed by atoms with Crippen LogP contribution in [0.1, 0.15) is 303 Å². The first-order chi connectivity index (χ1) is 38.2. The fraction of sp³-hybridized carbons (Fsp3) is 0.851. The molecule has 0 aromatic heterocycles. The normalized spacial score (nSPS) is 19.2. The lowest BCUT2D eigenvalue weighted by Gasteiger charge is -2.41. The smallest absolute Gasteiger partial charge is 0.306 e. The molecule has 6 N–H and O–H groups in total. The summed E-state index contributed by atoms with van der Waals surface area (Å²) in [7, 11) is 0. The van der Waals surface area contributed by atoms with E-state index in [2.05, 4.69) is 56.5 Å². The fourth-order valence-electron chi connectivity index (χ4n) is 10.4. The summed E-state index contributed by atoms with van der Waals surface area (Å²) in [6.45, 7) is 5.68. The number of unbranched alkanes of at least 4 members (excludes halogenated alkanes) is 38. The van der Waals surface area contributed by atoms with E-state index in [1.807, 2.05) is 12.2 Å². The lowest BCUT2D eigenvalue weighted by molar-refractivity contribution is -0.305. The highest BCUT2D eigenvalue weighted by atomic mass is 16.7. The van der Waals surface area contributed by atoms with Gasteiger partial charge in [-0.1, -0.05) is 301 Å². The van der Waals surface area contributed by atoms with Crippen molar-refractivity contribution >= 4 is 11.9 Å². The SMILES string of the molecule is CC/C=C/C=C/C=C/CCCCCCCCC(O)C(=O)NC(COC1OC(CO)C(O)C(O)C1OC(=O)CCCCCCCCCCCCCCCCCCCCCCCCC)C(O)/C=C/CCCCCCCCCCCC. The molecule has 1 aliphatic heterocycles. The van der Waals surface area contributed by atoms with Gasteiger partial charge in [-0.25, -0.2) is 0 Å². The van der Waals surface area contributed by atoms with Gasteiger partial charge in [0.05, 0.1) is 25.4 Å². The second-order valence-corrected chi connectivity index (χ2v) is 22.9. The summed E-state index contributed by atoms with van der Waals surface area (Å²) in [6.07, 6.45) is 57.3. The third-order valence-electron chi connectivity index (χ3n) is 15.6. The van der Waals surface area contributed by atoms with Crippen molar-refractivity contribution in [1.29, 1.82) is 0 Å². The van der Waals surface area contributed by atoms with Crippen molar-refractivity contribution in [2.24, 2.45) is 0 Å². The van der Waals surface area contributed by atoms with Crippen LogP contribution in [0.4, 0.5) is 0 Å². The quantitative estimate of drug-likeness (QED) is 0.0149. The lowest BCUT2D eigenvalue weighted by Crippen LogP contribution is -2.61. The zero-order valence-corrected chi connectivity index (χ0v) is 50.5. The van der Waals surface area contributed by atoms with E-state index in [0.717, 1.165) is 83.5 Å². The van der Waals surface area contributed by atoms with E-state index in [1.54, 1.807) is 6.08 Å². The Kier molecular flexibility index (Phi) is 52.1. The molecule has 8 unspecified atom stereocenters. The number of aliphatic hydroxyl groups excluding tert-OH is 5. The van der Waals surface area contributed by atoms with Crippen molar-refractivity contribution in [1.82, 2.24) is 5.32 Å². The van der Waals surface area contributed by atoms with Crippen LogP contribution in [0.2, 0.25) is 0 Å². The molecule has 1 saturated heterocycles. The first-order valence-corrected chi connectivity index (χ1v) is 32.9. The van der Waals surface area contributed by atoms with Crippen molar-refractivity contribution in [2.45, 2.75) is 352 Å². The van der Waals surface area contributed by atoms with Gasteiger partial charge in [-0.3, -0.25) is 9.59 Å². The van der Waals surface area contributed by atoms with Crippen molar-refractivity contribution in [3.05, 3.63) is 48.6 Å². The average Bonchev–Trinajstić information content (AvgIpc) is 3.45. The van der Waals surface area contributed by atoms with Gasteiger partial charge in [0.15, 0.2) is 12.4 Å². The third kappa shape index (κ3) is 42.5. The summed E-state index contributed by atoms with van der Waals surface area (Å²) >= 11 is 0. The Balaban J connectivity index is 2.59. The standard InChI is InChI=1S/C67H123NO10/c1-4-7-10-13-16-19-22-25-27-28-29-30-31-32-33-34-35-37-40-43-46-49-52-55-62(72)78-65-64(74)63(73)61(56-69)77-67(65)76-57-58(59(70)53-50-47-44-41-38-24-21-18-15-12-9-6-3)68-66(75)60(71)54-51-48-45-42-39-36-26-23-20-17-14-11-8-5-2/h8,11,14,17,20,23,50,53,58-61,63-65,67,69-71,73-74H,4-7,9-10,12-13,15-16,18-19,21-22,24-49,51-52,54-57H2,1-3H3,(H,68,75)/b11-8+,17-14+,23-20+,53-50+. The monoisotopic (exact) mass is 1100 g/mol. The molecule has 11 heteroatoms. The molecule has 0 radical (unpaired) electrons. The van der Waals surface area contributed by atoms with Gasteiger partial charge in [0.2, 0.25) is 5.91 Å². The number of carbonyl (C=O) groups is 2. The Morgan fingerprint density at radius 3 is 1.37 bits per heavy atom. The fourth-order valence-corrected chi connectivity index (χ4v) is 10.4. The van der Waals surface area contributed by atoms with Gasteiger partial charge in [-0.2, -0.15) is 0 Å². The topological polar surface area (TPSA) is 175 Å². The number of ether oxygens (including phenoxy) is 3. The van der Waals surface area contributed by atoms with Gasteiger partial charge in [-0.15, -0.1) is 0 Å². The van der Waals surface area contributed by atoms with Gasteiger partial charge in [0.25, 0.3) is 0 Å². The number of rotatable bonds is 56. The first kappa shape index (κ1) is 73.6. The number of allylic oxidation sites excluding steroid dienone is 7. The molecule has 1 amide bonds. The van der Waals surface area contributed by atoms with Gasteiger partial charge < -0.3 is 45.1 Å². The molecule has 1 fully saturated rings. The molecule has 0 spiro atoms. The maximum atomic E-state index is 13.4. The Hall–Kier alpha value is -2.38. The van der Waals surface area contributed by atoms with Gasteiger partial charge in [-0.05, 0) is 44.9 Å². The van der Waals surface area contributed by atoms with Crippen LogP contribution in [0, 0.1) is 0 Å². The zero-order chi connectivity index (χ0) is 56.8. The maximum Gasteiger partial charge on any atom is 0.306 e. The van der Waals surface area contributed by atoms with Crippen molar-refractivity contribution < 1.29 is 49.3 Å². The molecule has 1 aliphatic rings. The van der Waals surface area contributed by atoms with E-state index in [-0.39, 0.29) is 19.4 Å². The third-order valence-corrected chi connectivity index (χ3v) is 15.6. The second-order valence-electron chi connectivity index (χ2n) is 22.9. The Labute approximate surface area is 478 Å². The maximum absolute atomic E-state index is 13.4. The summed E-state index contributed by atoms with van der Waals surface area (Å²) in [4.78, 5) is 26.6. The zero-order valence-electron chi connectivity index (χ0n) is 50.5. The van der Waals surface area contributed by atoms with Crippen LogP contribution in [0.25, 0.3) is 0 Å². The van der Waals surface area contributed by atoms with Gasteiger partial charge >= 0.3 is 5.97 Å². The van der Waals surface area contributed by atoms with Crippen molar-refractivity contribution in [2.75, 3.05) is 13.2 Å². The summed E-state index contributed by atoms with van der Waals surface area (Å²) in [5.41, 5.74) is 0. The van der Waals surface area contributed by atoms with Crippen LogP contribution >= 0.6 is 0 Å². The van der Waals surface area contributed by atoms with Crippen LogP contribution in [-0.4, -0.2) is 99.6 Å². The number of carbonyl (C=O) groups excluding carboxylic acids is 2. The molecule has 0 saturated carbocycles. The highest BCUT2D eigenvalue weighted by Crippen LogP contribution is 2.26. The second kappa shape index (κ2) is 55.2. The molecule has 0 aliphatic carbocycles. The van der Waals surface area contributed by atoms with Gasteiger partial charge in [0, 0.05) is 6.42 Å². The van der Waals surface area contributed by atoms with E-state index in [0.29, 0.717) is 12.8 Å². The molecule has 11 nitrogen and oxygen atoms in total. The summed E-state index contributed by atoms with van der Waals surface area (Å²) in [5.74, 6) is -1.20. The predicted molar refractivity (Wildman–Crippen MR) is 324 cm³/mol. The minimum absolute atomic E-state index is 0.126. The highest BCUT2D eigenvalue weighted by Gasteiger charge is 2.47. The number of hydrogen-bond donors (Lipinski definition) is 6. The molecule has 456 valence electrons. The first-order valence-electron chi connectivity index (χ1n) is 32.9. The van der Waals surface area contributed by atoms with Crippen LogP contribution in [0.5, 0.6) is 0 Å². The number of esters is 1. The molecule has 0 aromatic rings. The molecule has 1 heterocycles. The predicted octanol–water partition coefficient (Wildman–Crippen LogP) is 16.0. The minimum Gasteiger partial charge on any atom is -0.454 e. The number of aliphatic hydroxyl groups is 5.